The van der Waals surface area contributed by atoms with Crippen LogP contribution in [0.5, 0.6) is 0 Å². The third-order valence-corrected chi connectivity index (χ3v) is 4.38. The maximum atomic E-state index is 14.0. The minimum atomic E-state index is -0.288. The Bertz CT molecular complexity index is 723. The standard InChI is InChI=1S/C19H26FN5O2/c1-26-13-10-23-19(22-9-6-16-4-3-12-27-16)24-15-7-11-25(14-15)18-17(20)5-2-8-21-18/h2-5,8,12,15H,6-7,9-11,13-14H2,1H3,(H2,22,23,24). The Morgan fingerprint density at radius 1 is 1.44 bits per heavy atom. The Morgan fingerprint density at radius 2 is 2.37 bits per heavy atom. The number of methoxy groups -OCH3 is 1. The molecule has 1 saturated heterocycles. The fraction of sp³-hybridized carbons (Fsp3) is 0.474. The number of ether oxygens (including phenoxy) is 1. The number of nitrogens with one attached hydrogen (secondary N) is 2. The minimum Gasteiger partial charge on any atom is -0.469 e. The molecule has 146 valence electrons. The second-order valence-corrected chi connectivity index (χ2v) is 6.36. The predicted molar refractivity (Wildman–Crippen MR) is 103 cm³/mol. The third kappa shape index (κ3) is 5.68. The van der Waals surface area contributed by atoms with E-state index in [-0.39, 0.29) is 11.9 Å². The van der Waals surface area contributed by atoms with Gasteiger partial charge in [0.25, 0.3) is 0 Å². The first-order chi connectivity index (χ1) is 13.3. The van der Waals surface area contributed by atoms with Crippen molar-refractivity contribution in [2.75, 3.05) is 44.8 Å². The largest absolute Gasteiger partial charge is 0.469 e. The number of halogens is 1. The zero-order chi connectivity index (χ0) is 18.9. The molecule has 0 bridgehead atoms. The summed E-state index contributed by atoms with van der Waals surface area (Å²) in [6.07, 6.45) is 4.95. The summed E-state index contributed by atoms with van der Waals surface area (Å²) in [5.41, 5.74) is 0. The van der Waals surface area contributed by atoms with E-state index in [0.717, 1.165) is 31.1 Å². The third-order valence-electron chi connectivity index (χ3n) is 4.38. The molecule has 0 aliphatic carbocycles. The quantitative estimate of drug-likeness (QED) is 0.416. The molecule has 8 heteroatoms. The van der Waals surface area contributed by atoms with Gasteiger partial charge in [0.05, 0.1) is 19.4 Å². The molecule has 7 nitrogen and oxygen atoms in total. The molecule has 0 radical (unpaired) electrons. The Hall–Kier alpha value is -2.61. The maximum absolute atomic E-state index is 14.0. The Balaban J connectivity index is 1.53. The lowest BCUT2D eigenvalue weighted by molar-refractivity contribution is 0.208. The van der Waals surface area contributed by atoms with Crippen molar-refractivity contribution < 1.29 is 13.5 Å². The van der Waals surface area contributed by atoms with Crippen LogP contribution in [0.25, 0.3) is 0 Å². The van der Waals surface area contributed by atoms with Crippen LogP contribution in [0, 0.1) is 5.82 Å². The summed E-state index contributed by atoms with van der Waals surface area (Å²) in [5.74, 6) is 1.78. The van der Waals surface area contributed by atoms with Crippen LogP contribution >= 0.6 is 0 Å². The molecule has 0 amide bonds. The molecular formula is C19H26FN5O2. The summed E-state index contributed by atoms with van der Waals surface area (Å²) in [6, 6.07) is 7.05. The van der Waals surface area contributed by atoms with Crippen LogP contribution in [0.4, 0.5) is 10.2 Å². The van der Waals surface area contributed by atoms with E-state index >= 15 is 0 Å². The van der Waals surface area contributed by atoms with Gasteiger partial charge in [-0.1, -0.05) is 0 Å². The maximum Gasteiger partial charge on any atom is 0.191 e. The summed E-state index contributed by atoms with van der Waals surface area (Å²) >= 11 is 0. The predicted octanol–water partition coefficient (Wildman–Crippen LogP) is 1.82. The SMILES string of the molecule is COCCN=C(NCCc1ccco1)NC1CCN(c2ncccc2F)C1. The van der Waals surface area contributed by atoms with Gasteiger partial charge < -0.3 is 24.7 Å². The van der Waals surface area contributed by atoms with Crippen LogP contribution in [0.1, 0.15) is 12.2 Å². The molecule has 0 aromatic carbocycles. The van der Waals surface area contributed by atoms with E-state index in [2.05, 4.69) is 20.6 Å². The normalized spacial score (nSPS) is 17.3. The number of pyridine rings is 1. The second kappa shape index (κ2) is 9.91. The van der Waals surface area contributed by atoms with Gasteiger partial charge in [-0.15, -0.1) is 0 Å². The summed E-state index contributed by atoms with van der Waals surface area (Å²) in [6.45, 7) is 3.26. The van der Waals surface area contributed by atoms with Crippen LogP contribution < -0.4 is 15.5 Å². The van der Waals surface area contributed by atoms with Crippen molar-refractivity contribution in [1.29, 1.82) is 0 Å². The Morgan fingerprint density at radius 3 is 3.15 bits per heavy atom. The average molecular weight is 375 g/mol. The molecule has 0 spiro atoms. The highest BCUT2D eigenvalue weighted by atomic mass is 19.1. The van der Waals surface area contributed by atoms with Gasteiger partial charge in [-0.25, -0.2) is 9.37 Å². The zero-order valence-electron chi connectivity index (χ0n) is 15.5. The van der Waals surface area contributed by atoms with E-state index in [4.69, 9.17) is 9.15 Å². The first kappa shape index (κ1) is 19.2. The molecule has 1 aliphatic rings. The van der Waals surface area contributed by atoms with Gasteiger partial charge in [0.2, 0.25) is 0 Å². The molecule has 1 fully saturated rings. The van der Waals surface area contributed by atoms with Crippen molar-refractivity contribution in [3.05, 3.63) is 48.3 Å². The number of hydrogen-bond donors (Lipinski definition) is 2. The van der Waals surface area contributed by atoms with Gasteiger partial charge in [0.1, 0.15) is 5.76 Å². The van der Waals surface area contributed by atoms with Gasteiger partial charge >= 0.3 is 0 Å². The van der Waals surface area contributed by atoms with Gasteiger partial charge in [-0.05, 0) is 30.7 Å². The van der Waals surface area contributed by atoms with Crippen LogP contribution in [-0.2, 0) is 11.2 Å². The van der Waals surface area contributed by atoms with Gasteiger partial charge in [0.15, 0.2) is 17.6 Å². The van der Waals surface area contributed by atoms with Crippen LogP contribution in [0.3, 0.4) is 0 Å². The van der Waals surface area contributed by atoms with E-state index in [1.54, 1.807) is 25.6 Å². The Labute approximate surface area is 158 Å². The summed E-state index contributed by atoms with van der Waals surface area (Å²) in [4.78, 5) is 10.7. The number of guanidine groups is 1. The van der Waals surface area contributed by atoms with Crippen molar-refractivity contribution in [1.82, 2.24) is 15.6 Å². The molecular weight excluding hydrogens is 349 g/mol. The van der Waals surface area contributed by atoms with E-state index < -0.39 is 0 Å². The van der Waals surface area contributed by atoms with Crippen LogP contribution in [0.15, 0.2) is 46.1 Å². The first-order valence-electron chi connectivity index (χ1n) is 9.18. The molecule has 0 saturated carbocycles. The second-order valence-electron chi connectivity index (χ2n) is 6.36. The fourth-order valence-electron chi connectivity index (χ4n) is 3.03. The lowest BCUT2D eigenvalue weighted by Gasteiger charge is -2.20. The summed E-state index contributed by atoms with van der Waals surface area (Å²) in [7, 11) is 1.66. The van der Waals surface area contributed by atoms with E-state index in [0.29, 0.717) is 32.1 Å². The van der Waals surface area contributed by atoms with E-state index in [1.165, 1.54) is 6.07 Å². The lowest BCUT2D eigenvalue weighted by Crippen LogP contribution is -2.45. The highest BCUT2D eigenvalue weighted by Crippen LogP contribution is 2.20. The summed E-state index contributed by atoms with van der Waals surface area (Å²) < 4.78 is 24.4. The van der Waals surface area contributed by atoms with Gasteiger partial charge in [-0.3, -0.25) is 4.99 Å². The molecule has 3 rings (SSSR count). The number of aromatic nitrogens is 1. The molecule has 1 atom stereocenters. The smallest absolute Gasteiger partial charge is 0.191 e. The molecule has 2 aromatic rings. The highest BCUT2D eigenvalue weighted by Gasteiger charge is 2.25. The number of nitrogens with zero attached hydrogens (tertiary/aromatic N) is 3. The highest BCUT2D eigenvalue weighted by molar-refractivity contribution is 5.80. The molecule has 27 heavy (non-hydrogen) atoms. The van der Waals surface area contributed by atoms with Crippen molar-refractivity contribution in [3.63, 3.8) is 0 Å². The molecule has 1 unspecified atom stereocenters. The topological polar surface area (TPSA) is 74.9 Å². The first-order valence-corrected chi connectivity index (χ1v) is 9.18. The van der Waals surface area contributed by atoms with Crippen molar-refractivity contribution in [3.8, 4) is 0 Å². The molecule has 2 N–H and O–H groups in total. The molecule has 3 heterocycles. The zero-order valence-corrected chi connectivity index (χ0v) is 15.5. The number of hydrogen-bond acceptors (Lipinski definition) is 5. The van der Waals surface area contributed by atoms with Crippen molar-refractivity contribution in [2.24, 2.45) is 4.99 Å². The minimum absolute atomic E-state index is 0.170. The lowest BCUT2D eigenvalue weighted by atomic mass is 10.3. The number of anilines is 1. The van der Waals surface area contributed by atoms with Crippen molar-refractivity contribution in [2.45, 2.75) is 18.9 Å². The molecule has 1 aliphatic heterocycles. The van der Waals surface area contributed by atoms with E-state index in [9.17, 15) is 4.39 Å². The van der Waals surface area contributed by atoms with Crippen LogP contribution in [-0.4, -0.2) is 56.9 Å². The van der Waals surface area contributed by atoms with E-state index in [1.807, 2.05) is 17.0 Å². The number of rotatable bonds is 8. The van der Waals surface area contributed by atoms with Crippen LogP contribution in [0.2, 0.25) is 0 Å². The Kier molecular flexibility index (Phi) is 7.04. The number of aliphatic imine (C=N–C) groups is 1. The molecule has 2 aromatic heterocycles. The summed E-state index contributed by atoms with van der Waals surface area (Å²) in [5, 5.41) is 6.76. The number of furan rings is 1. The fourth-order valence-corrected chi connectivity index (χ4v) is 3.03. The van der Waals surface area contributed by atoms with Crippen molar-refractivity contribution >= 4 is 11.8 Å². The average Bonchev–Trinajstić information content (AvgIpc) is 3.34. The van der Waals surface area contributed by atoms with Gasteiger partial charge in [-0.2, -0.15) is 0 Å². The van der Waals surface area contributed by atoms with Gasteiger partial charge in [0, 0.05) is 45.4 Å². The monoisotopic (exact) mass is 375 g/mol.